The molecule has 0 radical (unpaired) electrons. The molecule has 0 aromatic heterocycles. The third-order valence-corrected chi connectivity index (χ3v) is 3.55. The maximum absolute atomic E-state index is 8.62. The molecule has 1 unspecified atom stereocenters. The molecule has 4 nitrogen and oxygen atoms in total. The molecule has 1 atom stereocenters. The maximum atomic E-state index is 8.62. The van der Waals surface area contributed by atoms with Crippen LogP contribution in [0.3, 0.4) is 0 Å². The van der Waals surface area contributed by atoms with Gasteiger partial charge in [-0.3, -0.25) is 0 Å². The Morgan fingerprint density at radius 3 is 2.62 bits per heavy atom. The van der Waals surface area contributed by atoms with E-state index < -0.39 is 0 Å². The second-order valence-electron chi connectivity index (χ2n) is 4.84. The molecule has 2 aromatic rings. The van der Waals surface area contributed by atoms with Crippen LogP contribution >= 0.6 is 11.6 Å². The highest BCUT2D eigenvalue weighted by Gasteiger charge is 2.05. The normalized spacial score (nSPS) is 13.1. The van der Waals surface area contributed by atoms with E-state index in [1.807, 2.05) is 48.5 Å². The van der Waals surface area contributed by atoms with E-state index in [1.54, 1.807) is 0 Å². The third kappa shape index (κ3) is 4.21. The Morgan fingerprint density at radius 1 is 1.29 bits per heavy atom. The Kier molecular flexibility index (Phi) is 5.20. The summed E-state index contributed by atoms with van der Waals surface area (Å²) in [6.45, 7) is 2.82. The van der Waals surface area contributed by atoms with E-state index in [2.05, 4.69) is 17.4 Å². The Balaban J connectivity index is 1.96. The zero-order valence-electron chi connectivity index (χ0n) is 11.8. The van der Waals surface area contributed by atoms with Crippen LogP contribution in [0.1, 0.15) is 29.7 Å². The lowest BCUT2D eigenvalue weighted by molar-refractivity contribution is 0.318. The van der Waals surface area contributed by atoms with Gasteiger partial charge >= 0.3 is 0 Å². The largest absolute Gasteiger partial charge is 0.409 e. The first-order valence-corrected chi connectivity index (χ1v) is 7.03. The van der Waals surface area contributed by atoms with E-state index in [0.717, 1.165) is 22.7 Å². The van der Waals surface area contributed by atoms with Crippen molar-refractivity contribution in [2.45, 2.75) is 19.5 Å². The highest BCUT2D eigenvalue weighted by atomic mass is 35.5. The van der Waals surface area contributed by atoms with E-state index in [1.165, 1.54) is 0 Å². The standard InChI is InChI=1S/C16H18ClN3O/c1-11(14-3-2-4-15(17)9-14)19-10-12-5-7-13(8-6-12)16(18)20-21/h2-9,11,19,21H,10H2,1H3,(H2,18,20). The molecule has 0 aliphatic rings. The van der Waals surface area contributed by atoms with Crippen molar-refractivity contribution >= 4 is 17.4 Å². The van der Waals surface area contributed by atoms with Gasteiger partial charge in [-0.2, -0.15) is 0 Å². The molecular weight excluding hydrogens is 286 g/mol. The van der Waals surface area contributed by atoms with Gasteiger partial charge in [0.15, 0.2) is 5.84 Å². The van der Waals surface area contributed by atoms with E-state index in [9.17, 15) is 0 Å². The van der Waals surface area contributed by atoms with Crippen molar-refractivity contribution in [2.24, 2.45) is 10.9 Å². The monoisotopic (exact) mass is 303 g/mol. The topological polar surface area (TPSA) is 70.6 Å². The number of rotatable bonds is 5. The molecule has 2 rings (SSSR count). The van der Waals surface area contributed by atoms with E-state index in [4.69, 9.17) is 22.5 Å². The average molecular weight is 304 g/mol. The minimum atomic E-state index is 0.113. The number of hydrogen-bond donors (Lipinski definition) is 3. The van der Waals surface area contributed by atoms with Gasteiger partial charge in [-0.1, -0.05) is 53.2 Å². The minimum Gasteiger partial charge on any atom is -0.409 e. The lowest BCUT2D eigenvalue weighted by Gasteiger charge is -2.14. The summed E-state index contributed by atoms with van der Waals surface area (Å²) >= 11 is 6.00. The van der Waals surface area contributed by atoms with Crippen LogP contribution in [0.25, 0.3) is 0 Å². The van der Waals surface area contributed by atoms with Crippen LogP contribution in [-0.4, -0.2) is 11.0 Å². The maximum Gasteiger partial charge on any atom is 0.170 e. The summed E-state index contributed by atoms with van der Waals surface area (Å²) in [6.07, 6.45) is 0. The van der Waals surface area contributed by atoms with E-state index >= 15 is 0 Å². The Bertz CT molecular complexity index is 626. The number of halogens is 1. The second kappa shape index (κ2) is 7.11. The van der Waals surface area contributed by atoms with E-state index in [0.29, 0.717) is 5.56 Å². The molecule has 2 aromatic carbocycles. The van der Waals surface area contributed by atoms with Crippen LogP contribution < -0.4 is 11.1 Å². The highest BCUT2D eigenvalue weighted by molar-refractivity contribution is 6.30. The van der Waals surface area contributed by atoms with Gasteiger partial charge in [0, 0.05) is 23.2 Å². The summed E-state index contributed by atoms with van der Waals surface area (Å²) < 4.78 is 0. The fraction of sp³-hybridized carbons (Fsp3) is 0.188. The van der Waals surface area contributed by atoms with Gasteiger partial charge in [-0.05, 0) is 30.2 Å². The molecule has 0 aliphatic carbocycles. The van der Waals surface area contributed by atoms with Crippen molar-refractivity contribution in [3.8, 4) is 0 Å². The first-order chi connectivity index (χ1) is 10.1. The SMILES string of the molecule is CC(NCc1ccc(C(N)=NO)cc1)c1cccc(Cl)c1. The Hall–Kier alpha value is -2.04. The van der Waals surface area contributed by atoms with Gasteiger partial charge in [0.25, 0.3) is 0 Å². The predicted molar refractivity (Wildman–Crippen MR) is 85.7 cm³/mol. The van der Waals surface area contributed by atoms with Gasteiger partial charge in [0.2, 0.25) is 0 Å². The molecule has 21 heavy (non-hydrogen) atoms. The van der Waals surface area contributed by atoms with Crippen LogP contribution in [0.5, 0.6) is 0 Å². The summed E-state index contributed by atoms with van der Waals surface area (Å²) in [6, 6.07) is 15.6. The lowest BCUT2D eigenvalue weighted by atomic mass is 10.1. The fourth-order valence-corrected chi connectivity index (χ4v) is 2.21. The second-order valence-corrected chi connectivity index (χ2v) is 5.28. The van der Waals surface area contributed by atoms with Gasteiger partial charge in [-0.25, -0.2) is 0 Å². The molecule has 0 saturated heterocycles. The molecule has 4 N–H and O–H groups in total. The van der Waals surface area contributed by atoms with E-state index in [-0.39, 0.29) is 11.9 Å². The number of nitrogens with two attached hydrogens (primary N) is 1. The summed E-state index contributed by atoms with van der Waals surface area (Å²) in [5.41, 5.74) is 8.50. The molecule has 0 aliphatic heterocycles. The van der Waals surface area contributed by atoms with Crippen LogP contribution in [-0.2, 0) is 6.54 Å². The highest BCUT2D eigenvalue weighted by Crippen LogP contribution is 2.17. The van der Waals surface area contributed by atoms with Crippen molar-refractivity contribution in [2.75, 3.05) is 0 Å². The van der Waals surface area contributed by atoms with Crippen LogP contribution in [0.2, 0.25) is 5.02 Å². The summed E-state index contributed by atoms with van der Waals surface area (Å²) in [7, 11) is 0. The van der Waals surface area contributed by atoms with Crippen LogP contribution in [0.4, 0.5) is 0 Å². The molecule has 0 saturated carbocycles. The predicted octanol–water partition coefficient (Wildman–Crippen LogP) is 3.29. The number of benzene rings is 2. The summed E-state index contributed by atoms with van der Waals surface area (Å²) in [4.78, 5) is 0. The quantitative estimate of drug-likeness (QED) is 0.343. The van der Waals surface area contributed by atoms with Crippen molar-refractivity contribution < 1.29 is 5.21 Å². The van der Waals surface area contributed by atoms with Crippen molar-refractivity contribution in [3.63, 3.8) is 0 Å². The first-order valence-electron chi connectivity index (χ1n) is 6.66. The van der Waals surface area contributed by atoms with Gasteiger partial charge in [0.1, 0.15) is 0 Å². The number of nitrogens with one attached hydrogen (secondary N) is 1. The number of hydrogen-bond acceptors (Lipinski definition) is 3. The van der Waals surface area contributed by atoms with Gasteiger partial charge < -0.3 is 16.3 Å². The molecule has 110 valence electrons. The average Bonchev–Trinajstić information content (AvgIpc) is 2.52. The molecule has 0 fully saturated rings. The minimum absolute atomic E-state index is 0.113. The molecule has 5 heteroatoms. The molecule has 0 spiro atoms. The smallest absolute Gasteiger partial charge is 0.170 e. The fourth-order valence-electron chi connectivity index (χ4n) is 2.02. The Labute approximate surface area is 129 Å². The number of nitrogens with zero attached hydrogens (tertiary/aromatic N) is 1. The summed E-state index contributed by atoms with van der Waals surface area (Å²) in [5.74, 6) is 0.113. The van der Waals surface area contributed by atoms with Gasteiger partial charge in [0.05, 0.1) is 0 Å². The van der Waals surface area contributed by atoms with Crippen molar-refractivity contribution in [1.82, 2.24) is 5.32 Å². The van der Waals surface area contributed by atoms with Gasteiger partial charge in [-0.15, -0.1) is 0 Å². The van der Waals surface area contributed by atoms with Crippen LogP contribution in [0, 0.1) is 0 Å². The number of amidine groups is 1. The first kappa shape index (κ1) is 15.4. The van der Waals surface area contributed by atoms with Crippen LogP contribution in [0.15, 0.2) is 53.7 Å². The zero-order chi connectivity index (χ0) is 15.2. The molecule has 0 bridgehead atoms. The van der Waals surface area contributed by atoms with Crippen molar-refractivity contribution in [3.05, 3.63) is 70.2 Å². The summed E-state index contributed by atoms with van der Waals surface area (Å²) in [5, 5.41) is 15.8. The lowest BCUT2D eigenvalue weighted by Crippen LogP contribution is -2.18. The third-order valence-electron chi connectivity index (χ3n) is 3.32. The zero-order valence-corrected chi connectivity index (χ0v) is 12.5. The molecule has 0 amide bonds. The molecular formula is C16H18ClN3O. The number of oxime groups is 1. The Morgan fingerprint density at radius 2 is 2.00 bits per heavy atom. The van der Waals surface area contributed by atoms with Crippen molar-refractivity contribution in [1.29, 1.82) is 0 Å². The molecule has 0 heterocycles.